The molecule has 0 saturated carbocycles. The van der Waals surface area contributed by atoms with E-state index in [1.807, 2.05) is 0 Å². The number of hydrogen-bond donors (Lipinski definition) is 1. The molecule has 6 nitrogen and oxygen atoms in total. The Bertz CT molecular complexity index is 699. The second-order valence-electron chi connectivity index (χ2n) is 6.63. The van der Waals surface area contributed by atoms with E-state index in [0.717, 1.165) is 54.7 Å². The molecule has 2 aliphatic heterocycles. The van der Waals surface area contributed by atoms with E-state index >= 15 is 0 Å². The fraction of sp³-hybridized carbons (Fsp3) is 0.647. The van der Waals surface area contributed by atoms with Crippen molar-refractivity contribution >= 4 is 22.8 Å². The third-order valence-corrected chi connectivity index (χ3v) is 5.05. The van der Waals surface area contributed by atoms with Crippen molar-refractivity contribution < 1.29 is 5.11 Å². The minimum absolute atomic E-state index is 0.132. The van der Waals surface area contributed by atoms with E-state index in [2.05, 4.69) is 27.4 Å². The second kappa shape index (κ2) is 6.00. The average molecular weight is 315 g/mol. The molecule has 0 amide bonds. The van der Waals surface area contributed by atoms with Gasteiger partial charge in [-0.3, -0.25) is 0 Å². The van der Waals surface area contributed by atoms with Crippen LogP contribution in [0.1, 0.15) is 31.4 Å². The van der Waals surface area contributed by atoms with Crippen LogP contribution < -0.4 is 9.80 Å². The summed E-state index contributed by atoms with van der Waals surface area (Å²) in [6, 6.07) is 2.17. The molecule has 4 heterocycles. The van der Waals surface area contributed by atoms with Crippen molar-refractivity contribution in [2.45, 2.75) is 39.2 Å². The third kappa shape index (κ3) is 2.55. The summed E-state index contributed by atoms with van der Waals surface area (Å²) < 4.78 is 2.12. The van der Waals surface area contributed by atoms with Gasteiger partial charge in [-0.1, -0.05) is 0 Å². The highest BCUT2D eigenvalue weighted by atomic mass is 16.3. The minimum atomic E-state index is 0.132. The van der Waals surface area contributed by atoms with E-state index in [1.165, 1.54) is 25.7 Å². The van der Waals surface area contributed by atoms with Gasteiger partial charge in [-0.05, 0) is 38.7 Å². The van der Waals surface area contributed by atoms with Crippen molar-refractivity contribution in [1.82, 2.24) is 14.5 Å². The first-order valence-electron chi connectivity index (χ1n) is 8.76. The fourth-order valence-corrected chi connectivity index (χ4v) is 3.83. The van der Waals surface area contributed by atoms with Gasteiger partial charge < -0.3 is 19.5 Å². The number of aromatic nitrogens is 3. The zero-order valence-corrected chi connectivity index (χ0v) is 13.8. The van der Waals surface area contributed by atoms with Gasteiger partial charge in [0, 0.05) is 38.4 Å². The lowest BCUT2D eigenvalue weighted by atomic mass is 10.3. The molecular weight excluding hydrogens is 290 g/mol. The van der Waals surface area contributed by atoms with Crippen LogP contribution in [0.3, 0.4) is 0 Å². The van der Waals surface area contributed by atoms with Crippen LogP contribution in [0.4, 0.5) is 11.8 Å². The highest BCUT2D eigenvalue weighted by Crippen LogP contribution is 2.32. The van der Waals surface area contributed by atoms with Crippen LogP contribution in [0.15, 0.2) is 6.07 Å². The first kappa shape index (κ1) is 14.8. The van der Waals surface area contributed by atoms with Gasteiger partial charge in [0.2, 0.25) is 5.95 Å². The number of rotatable bonds is 4. The number of nitrogens with zero attached hydrogens (tertiary/aromatic N) is 5. The SMILES string of the molecule is Cc1cc2c(N3CCCC3)nc(N3CCCC3)nc2n1CCO. The Morgan fingerprint density at radius 1 is 1.00 bits per heavy atom. The van der Waals surface area contributed by atoms with Gasteiger partial charge >= 0.3 is 0 Å². The smallest absolute Gasteiger partial charge is 0.229 e. The molecule has 2 aromatic heterocycles. The van der Waals surface area contributed by atoms with E-state index in [1.54, 1.807) is 0 Å². The summed E-state index contributed by atoms with van der Waals surface area (Å²) in [6.07, 6.45) is 4.91. The maximum atomic E-state index is 9.40. The monoisotopic (exact) mass is 315 g/mol. The fourth-order valence-electron chi connectivity index (χ4n) is 3.83. The summed E-state index contributed by atoms with van der Waals surface area (Å²) in [5, 5.41) is 10.5. The Labute approximate surface area is 136 Å². The van der Waals surface area contributed by atoms with E-state index < -0.39 is 0 Å². The Hall–Kier alpha value is -1.82. The molecule has 0 atom stereocenters. The number of fused-ring (bicyclic) bond motifs is 1. The molecule has 0 bridgehead atoms. The topological polar surface area (TPSA) is 57.4 Å². The van der Waals surface area contributed by atoms with E-state index in [9.17, 15) is 5.11 Å². The molecule has 23 heavy (non-hydrogen) atoms. The summed E-state index contributed by atoms with van der Waals surface area (Å²) in [5.41, 5.74) is 2.11. The van der Waals surface area contributed by atoms with Crippen LogP contribution >= 0.6 is 0 Å². The van der Waals surface area contributed by atoms with Crippen LogP contribution in [0, 0.1) is 6.92 Å². The highest BCUT2D eigenvalue weighted by Gasteiger charge is 2.24. The maximum Gasteiger partial charge on any atom is 0.229 e. The van der Waals surface area contributed by atoms with E-state index in [4.69, 9.17) is 9.97 Å². The van der Waals surface area contributed by atoms with Gasteiger partial charge in [0.05, 0.1) is 12.0 Å². The van der Waals surface area contributed by atoms with Gasteiger partial charge in [0.25, 0.3) is 0 Å². The predicted molar refractivity (Wildman–Crippen MR) is 92.2 cm³/mol. The lowest BCUT2D eigenvalue weighted by molar-refractivity contribution is 0.277. The summed E-state index contributed by atoms with van der Waals surface area (Å²) in [6.45, 7) is 7.05. The standard InChI is InChI=1S/C17H25N5O/c1-13-12-14-15(20-6-2-3-7-20)18-17(21-8-4-5-9-21)19-16(14)22(13)10-11-23/h12,23H,2-11H2,1H3. The molecule has 2 saturated heterocycles. The number of hydrogen-bond acceptors (Lipinski definition) is 5. The molecule has 6 heteroatoms. The number of aryl methyl sites for hydroxylation is 1. The molecule has 0 radical (unpaired) electrons. The molecule has 0 aliphatic carbocycles. The molecular formula is C17H25N5O. The van der Waals surface area contributed by atoms with Gasteiger partial charge in [-0.15, -0.1) is 0 Å². The predicted octanol–water partition coefficient (Wildman–Crippen LogP) is 1.93. The summed E-state index contributed by atoms with van der Waals surface area (Å²) in [5.74, 6) is 1.93. The number of aliphatic hydroxyl groups is 1. The average Bonchev–Trinajstić information content (AvgIpc) is 3.28. The third-order valence-electron chi connectivity index (χ3n) is 5.05. The first-order valence-corrected chi connectivity index (χ1v) is 8.76. The molecule has 2 aliphatic rings. The van der Waals surface area contributed by atoms with Crippen LogP contribution in [0.5, 0.6) is 0 Å². The Morgan fingerprint density at radius 2 is 1.65 bits per heavy atom. The van der Waals surface area contributed by atoms with E-state index in [-0.39, 0.29) is 6.61 Å². The van der Waals surface area contributed by atoms with E-state index in [0.29, 0.717) is 6.54 Å². The number of aliphatic hydroxyl groups excluding tert-OH is 1. The first-order chi connectivity index (χ1) is 11.3. The van der Waals surface area contributed by atoms with Crippen molar-refractivity contribution in [2.24, 2.45) is 0 Å². The van der Waals surface area contributed by atoms with Crippen molar-refractivity contribution in [3.05, 3.63) is 11.8 Å². The van der Waals surface area contributed by atoms with Crippen LogP contribution in [-0.4, -0.2) is 52.4 Å². The zero-order valence-electron chi connectivity index (χ0n) is 13.8. The Morgan fingerprint density at radius 3 is 2.30 bits per heavy atom. The van der Waals surface area contributed by atoms with Crippen molar-refractivity contribution in [3.8, 4) is 0 Å². The molecule has 4 rings (SSSR count). The lowest BCUT2D eigenvalue weighted by Crippen LogP contribution is -2.24. The largest absolute Gasteiger partial charge is 0.395 e. The molecule has 0 unspecified atom stereocenters. The molecule has 124 valence electrons. The van der Waals surface area contributed by atoms with Crippen LogP contribution in [-0.2, 0) is 6.54 Å². The highest BCUT2D eigenvalue weighted by molar-refractivity contribution is 5.90. The van der Waals surface area contributed by atoms with Crippen LogP contribution in [0.25, 0.3) is 11.0 Å². The Kier molecular flexibility index (Phi) is 3.85. The number of anilines is 2. The van der Waals surface area contributed by atoms with Crippen molar-refractivity contribution in [2.75, 3.05) is 42.6 Å². The lowest BCUT2D eigenvalue weighted by Gasteiger charge is -2.21. The van der Waals surface area contributed by atoms with Gasteiger partial charge in [0.15, 0.2) is 0 Å². The zero-order chi connectivity index (χ0) is 15.8. The normalized spacial score (nSPS) is 18.5. The molecule has 0 spiro atoms. The molecule has 0 aromatic carbocycles. The van der Waals surface area contributed by atoms with Gasteiger partial charge in [-0.2, -0.15) is 9.97 Å². The maximum absolute atomic E-state index is 9.40. The quantitative estimate of drug-likeness (QED) is 0.934. The second-order valence-corrected chi connectivity index (χ2v) is 6.63. The van der Waals surface area contributed by atoms with Crippen molar-refractivity contribution in [3.63, 3.8) is 0 Å². The molecule has 2 fully saturated rings. The summed E-state index contributed by atoms with van der Waals surface area (Å²) >= 11 is 0. The Balaban J connectivity index is 1.88. The molecule has 1 N–H and O–H groups in total. The van der Waals surface area contributed by atoms with Gasteiger partial charge in [-0.25, -0.2) is 0 Å². The molecule has 2 aromatic rings. The minimum Gasteiger partial charge on any atom is -0.395 e. The summed E-state index contributed by atoms with van der Waals surface area (Å²) in [4.78, 5) is 14.5. The van der Waals surface area contributed by atoms with Crippen LogP contribution in [0.2, 0.25) is 0 Å². The summed E-state index contributed by atoms with van der Waals surface area (Å²) in [7, 11) is 0. The van der Waals surface area contributed by atoms with Crippen molar-refractivity contribution in [1.29, 1.82) is 0 Å². The van der Waals surface area contributed by atoms with Gasteiger partial charge in [0.1, 0.15) is 11.5 Å².